The Balaban J connectivity index is 0.912. The van der Waals surface area contributed by atoms with Crippen LogP contribution in [0.5, 0.6) is 0 Å². The van der Waals surface area contributed by atoms with Crippen molar-refractivity contribution in [2.45, 2.75) is 38.5 Å². The van der Waals surface area contributed by atoms with Crippen molar-refractivity contribution in [3.63, 3.8) is 0 Å². The fraction of sp³-hybridized carbons (Fsp3) is 0.0750. The third-order valence-electron chi connectivity index (χ3n) is 18.3. The van der Waals surface area contributed by atoms with Crippen LogP contribution in [0.4, 0.5) is 34.1 Å². The van der Waals surface area contributed by atoms with Crippen molar-refractivity contribution in [3.8, 4) is 44.5 Å². The SMILES string of the molecule is CC1(C)c2cc(N(c3ccc4ccccc4c3)c3ccc4ccccc4c3)ccc2-c2c1cc1c(-c3ccccc3)c3c(cc1c2-c1ccccc1)C(C)(C)c1cc(N(c2ccc4ccccc4c2)c2ccc4ccccc4c2)ccc1-3. The van der Waals surface area contributed by atoms with Gasteiger partial charge in [-0.2, -0.15) is 0 Å². The summed E-state index contributed by atoms with van der Waals surface area (Å²) in [4.78, 5) is 4.91. The second-order valence-corrected chi connectivity index (χ2v) is 23.7. The molecule has 388 valence electrons. The topological polar surface area (TPSA) is 6.48 Å². The zero-order valence-corrected chi connectivity index (χ0v) is 46.5. The molecule has 2 aliphatic rings. The first kappa shape index (κ1) is 47.9. The third kappa shape index (κ3) is 7.41. The molecule has 2 nitrogen and oxygen atoms in total. The molecule has 0 saturated carbocycles. The molecule has 14 aromatic carbocycles. The van der Waals surface area contributed by atoms with Crippen LogP contribution in [0.1, 0.15) is 49.9 Å². The van der Waals surface area contributed by atoms with Crippen molar-refractivity contribution in [2.75, 3.05) is 9.80 Å². The molecule has 82 heavy (non-hydrogen) atoms. The minimum absolute atomic E-state index is 0.356. The maximum absolute atomic E-state index is 2.59. The second kappa shape index (κ2) is 18.3. The van der Waals surface area contributed by atoms with Gasteiger partial charge in [0.05, 0.1) is 0 Å². The molecule has 2 aliphatic carbocycles. The van der Waals surface area contributed by atoms with Crippen LogP contribution in [-0.4, -0.2) is 0 Å². The highest BCUT2D eigenvalue weighted by molar-refractivity contribution is 6.17. The number of fused-ring (bicyclic) bond motifs is 11. The Hall–Kier alpha value is -10.0. The highest BCUT2D eigenvalue weighted by Gasteiger charge is 2.42. The van der Waals surface area contributed by atoms with Crippen molar-refractivity contribution >= 4 is 88.0 Å². The Morgan fingerprint density at radius 3 is 0.805 bits per heavy atom. The fourth-order valence-corrected chi connectivity index (χ4v) is 14.2. The maximum atomic E-state index is 2.59. The van der Waals surface area contributed by atoms with Crippen molar-refractivity contribution in [1.29, 1.82) is 0 Å². The number of nitrogens with zero attached hydrogens (tertiary/aromatic N) is 2. The lowest BCUT2D eigenvalue weighted by Gasteiger charge is -2.29. The van der Waals surface area contributed by atoms with Crippen molar-refractivity contribution < 1.29 is 0 Å². The molecule has 0 aliphatic heterocycles. The number of hydrogen-bond acceptors (Lipinski definition) is 2. The van der Waals surface area contributed by atoms with Gasteiger partial charge in [0.1, 0.15) is 0 Å². The highest BCUT2D eigenvalue weighted by Crippen LogP contribution is 2.61. The highest BCUT2D eigenvalue weighted by atomic mass is 15.1. The molecule has 14 aromatic rings. The molecule has 0 bridgehead atoms. The minimum Gasteiger partial charge on any atom is -0.310 e. The molecule has 0 spiro atoms. The monoisotopic (exact) mass is 1050 g/mol. The number of hydrogen-bond donors (Lipinski definition) is 0. The predicted octanol–water partition coefficient (Wildman–Crippen LogP) is 22.3. The first-order valence-electron chi connectivity index (χ1n) is 28.8. The summed E-state index contributed by atoms with van der Waals surface area (Å²) in [6, 6.07) is 104. The van der Waals surface area contributed by atoms with Crippen LogP contribution in [0.15, 0.2) is 279 Å². The first-order valence-corrected chi connectivity index (χ1v) is 28.8. The molecule has 0 heterocycles. The quantitative estimate of drug-likeness (QED) is 0.150. The Labute approximate surface area is 479 Å². The summed E-state index contributed by atoms with van der Waals surface area (Å²) in [6.07, 6.45) is 0. The molecule has 0 amide bonds. The molecule has 0 saturated heterocycles. The maximum Gasteiger partial charge on any atom is 0.0468 e. The number of benzene rings is 14. The molecule has 0 atom stereocenters. The fourth-order valence-electron chi connectivity index (χ4n) is 14.2. The van der Waals surface area contributed by atoms with Crippen LogP contribution in [-0.2, 0) is 10.8 Å². The van der Waals surface area contributed by atoms with Gasteiger partial charge in [0.15, 0.2) is 0 Å². The second-order valence-electron chi connectivity index (χ2n) is 23.7. The Bertz CT molecular complexity index is 4460. The van der Waals surface area contributed by atoms with Gasteiger partial charge in [-0.3, -0.25) is 0 Å². The summed E-state index contributed by atoms with van der Waals surface area (Å²) in [5, 5.41) is 12.3. The van der Waals surface area contributed by atoms with Crippen LogP contribution in [0.3, 0.4) is 0 Å². The first-order chi connectivity index (χ1) is 40.2. The summed E-state index contributed by atoms with van der Waals surface area (Å²) in [5.41, 5.74) is 21.7. The van der Waals surface area contributed by atoms with E-state index in [1.165, 1.54) is 121 Å². The van der Waals surface area contributed by atoms with Gasteiger partial charge in [-0.05, 0) is 206 Å². The van der Waals surface area contributed by atoms with Gasteiger partial charge in [-0.15, -0.1) is 0 Å². The van der Waals surface area contributed by atoms with E-state index in [4.69, 9.17) is 0 Å². The van der Waals surface area contributed by atoms with E-state index in [0.29, 0.717) is 0 Å². The van der Waals surface area contributed by atoms with Crippen molar-refractivity contribution in [3.05, 3.63) is 301 Å². The summed E-state index contributed by atoms with van der Waals surface area (Å²) in [7, 11) is 0. The van der Waals surface area contributed by atoms with E-state index < -0.39 is 0 Å². The van der Waals surface area contributed by atoms with Crippen LogP contribution in [0.2, 0.25) is 0 Å². The van der Waals surface area contributed by atoms with Gasteiger partial charge in [0, 0.05) is 45.0 Å². The molecule has 2 heteroatoms. The standard InChI is InChI=1S/C80H58N2/c1-79(2)71-47-65(81(61-35-31-51-19-11-15-27-57(51)43-61)62-36-32-52-20-12-16-28-58(52)44-62)39-41-67(71)77-73(79)49-69-70(75(77)55-23-7-5-8-24-55)50-74-78(76(69)56-25-9-6-10-26-56)68-42-40-66(48-72(68)80(74,3)4)82(63-37-33-53-21-13-17-29-59(53)45-63)64-38-34-54-22-14-18-30-60(54)46-64/h5-50H,1-4H3. The summed E-state index contributed by atoms with van der Waals surface area (Å²) in [6.45, 7) is 9.80. The van der Waals surface area contributed by atoms with Gasteiger partial charge in [0.25, 0.3) is 0 Å². The van der Waals surface area contributed by atoms with Gasteiger partial charge >= 0.3 is 0 Å². The predicted molar refractivity (Wildman–Crippen MR) is 349 cm³/mol. The molecule has 0 unspecified atom stereocenters. The largest absolute Gasteiger partial charge is 0.310 e. The lowest BCUT2D eigenvalue weighted by Crippen LogP contribution is -2.17. The Morgan fingerprint density at radius 1 is 0.220 bits per heavy atom. The van der Waals surface area contributed by atoms with Crippen LogP contribution in [0.25, 0.3) is 98.4 Å². The zero-order valence-electron chi connectivity index (χ0n) is 46.5. The molecular formula is C80H58N2. The normalized spacial score (nSPS) is 13.6. The van der Waals surface area contributed by atoms with Crippen molar-refractivity contribution in [1.82, 2.24) is 0 Å². The average molecular weight is 1050 g/mol. The molecule has 0 radical (unpaired) electrons. The molecule has 16 rings (SSSR count). The summed E-state index contributed by atoms with van der Waals surface area (Å²) in [5.74, 6) is 0. The van der Waals surface area contributed by atoms with Crippen LogP contribution >= 0.6 is 0 Å². The van der Waals surface area contributed by atoms with Crippen LogP contribution in [0, 0.1) is 0 Å². The lowest BCUT2D eigenvalue weighted by molar-refractivity contribution is 0.660. The Kier molecular flexibility index (Phi) is 10.7. The average Bonchev–Trinajstić information content (AvgIpc) is 1.81. The molecule has 0 fully saturated rings. The van der Waals surface area contributed by atoms with Gasteiger partial charge in [-0.1, -0.05) is 222 Å². The number of rotatable bonds is 8. The van der Waals surface area contributed by atoms with E-state index in [1.807, 2.05) is 0 Å². The molecular weight excluding hydrogens is 989 g/mol. The van der Waals surface area contributed by atoms with E-state index >= 15 is 0 Å². The zero-order chi connectivity index (χ0) is 54.8. The Morgan fingerprint density at radius 2 is 0.488 bits per heavy atom. The van der Waals surface area contributed by atoms with Gasteiger partial charge in [0.2, 0.25) is 0 Å². The molecule has 0 aromatic heterocycles. The third-order valence-corrected chi connectivity index (χ3v) is 18.3. The summed E-state index contributed by atoms with van der Waals surface area (Å²) < 4.78 is 0. The lowest BCUT2D eigenvalue weighted by atomic mass is 9.76. The minimum atomic E-state index is -0.356. The summed E-state index contributed by atoms with van der Waals surface area (Å²) >= 11 is 0. The van der Waals surface area contributed by atoms with E-state index in [1.54, 1.807) is 0 Å². The molecule has 0 N–H and O–H groups in total. The van der Waals surface area contributed by atoms with Gasteiger partial charge < -0.3 is 9.80 Å². The smallest absolute Gasteiger partial charge is 0.0468 e. The van der Waals surface area contributed by atoms with Crippen molar-refractivity contribution in [2.24, 2.45) is 0 Å². The van der Waals surface area contributed by atoms with E-state index in [0.717, 1.165) is 34.1 Å². The van der Waals surface area contributed by atoms with E-state index in [-0.39, 0.29) is 10.8 Å². The van der Waals surface area contributed by atoms with Crippen LogP contribution < -0.4 is 9.80 Å². The van der Waals surface area contributed by atoms with Gasteiger partial charge in [-0.25, -0.2) is 0 Å². The van der Waals surface area contributed by atoms with E-state index in [2.05, 4.69) is 317 Å². The van der Waals surface area contributed by atoms with E-state index in [9.17, 15) is 0 Å². The number of anilines is 6.